The Hall–Kier alpha value is -8.46. The molecule has 0 spiro atoms. The first-order valence-corrected chi connectivity index (χ1v) is 22.4. The van der Waals surface area contributed by atoms with Gasteiger partial charge >= 0.3 is 0 Å². The standard InChI is InChI=1S/C63H46N2/c1-2-3-6-19-45-42-60(63-59-31-15-16-33-61(59)65(62(63)43-45)51-25-9-5-10-26-51)50-24-17-27-54(44-50)64(53-40-36-49(37-41-53)58-32-18-23-47-22-11-12-28-56(47)58)52-38-34-48(35-39-52)57-30-14-13-29-55(57)46-20-7-4-8-21-46/h2-44H,1H3/b3-2-,19-6-. The molecule has 0 aliphatic rings. The lowest BCUT2D eigenvalue weighted by Crippen LogP contribution is -2.10. The van der Waals surface area contributed by atoms with Gasteiger partial charge in [0.2, 0.25) is 0 Å². The van der Waals surface area contributed by atoms with Crippen molar-refractivity contribution in [3.05, 3.63) is 260 Å². The Balaban J connectivity index is 1.08. The lowest BCUT2D eigenvalue weighted by Gasteiger charge is -2.27. The first-order valence-electron chi connectivity index (χ1n) is 22.4. The molecule has 0 bridgehead atoms. The van der Waals surface area contributed by atoms with E-state index in [1.807, 2.05) is 0 Å². The van der Waals surface area contributed by atoms with Crippen LogP contribution in [0.4, 0.5) is 17.1 Å². The van der Waals surface area contributed by atoms with E-state index in [0.29, 0.717) is 0 Å². The average Bonchev–Trinajstić information content (AvgIpc) is 3.71. The average molecular weight is 831 g/mol. The molecule has 0 aliphatic heterocycles. The van der Waals surface area contributed by atoms with Crippen LogP contribution in [0.5, 0.6) is 0 Å². The molecule has 0 amide bonds. The minimum atomic E-state index is 1.08. The molecule has 0 unspecified atom stereocenters. The highest BCUT2D eigenvalue weighted by molar-refractivity contribution is 6.16. The molecule has 0 fully saturated rings. The molecule has 1 aromatic heterocycles. The summed E-state index contributed by atoms with van der Waals surface area (Å²) < 4.78 is 2.41. The molecule has 2 heteroatoms. The number of anilines is 3. The van der Waals surface area contributed by atoms with Crippen molar-refractivity contribution >= 4 is 55.7 Å². The van der Waals surface area contributed by atoms with Gasteiger partial charge in [0.15, 0.2) is 0 Å². The van der Waals surface area contributed by atoms with Gasteiger partial charge in [0.1, 0.15) is 0 Å². The third-order valence-corrected chi connectivity index (χ3v) is 12.5. The molecule has 11 rings (SSSR count). The number of nitrogens with zero attached hydrogens (tertiary/aromatic N) is 2. The van der Waals surface area contributed by atoms with E-state index >= 15 is 0 Å². The van der Waals surface area contributed by atoms with E-state index in [-0.39, 0.29) is 0 Å². The maximum atomic E-state index is 2.41. The van der Waals surface area contributed by atoms with Gasteiger partial charge < -0.3 is 9.47 Å². The zero-order chi connectivity index (χ0) is 43.5. The highest BCUT2D eigenvalue weighted by Gasteiger charge is 2.20. The third kappa shape index (κ3) is 7.52. The van der Waals surface area contributed by atoms with Crippen molar-refractivity contribution < 1.29 is 0 Å². The molecule has 308 valence electrons. The van der Waals surface area contributed by atoms with E-state index in [1.54, 1.807) is 0 Å². The van der Waals surface area contributed by atoms with Crippen LogP contribution in [-0.2, 0) is 0 Å². The predicted molar refractivity (Wildman–Crippen MR) is 279 cm³/mol. The zero-order valence-corrected chi connectivity index (χ0v) is 36.2. The zero-order valence-electron chi connectivity index (χ0n) is 36.2. The van der Waals surface area contributed by atoms with E-state index in [9.17, 15) is 0 Å². The molecule has 0 saturated carbocycles. The molecule has 0 radical (unpaired) electrons. The smallest absolute Gasteiger partial charge is 0.0553 e. The van der Waals surface area contributed by atoms with Gasteiger partial charge in [-0.1, -0.05) is 194 Å². The van der Waals surface area contributed by atoms with E-state index in [1.165, 1.54) is 71.5 Å². The molecular weight excluding hydrogens is 785 g/mol. The Labute approximate surface area is 381 Å². The van der Waals surface area contributed by atoms with Crippen molar-refractivity contribution in [3.8, 4) is 50.2 Å². The summed E-state index contributed by atoms with van der Waals surface area (Å²) in [7, 11) is 0. The topological polar surface area (TPSA) is 8.17 Å². The van der Waals surface area contributed by atoms with Crippen molar-refractivity contribution in [2.45, 2.75) is 6.92 Å². The highest BCUT2D eigenvalue weighted by Crippen LogP contribution is 2.44. The highest BCUT2D eigenvalue weighted by atomic mass is 15.1. The normalized spacial score (nSPS) is 11.6. The Morgan fingerprint density at radius 3 is 1.65 bits per heavy atom. The molecule has 2 nitrogen and oxygen atoms in total. The van der Waals surface area contributed by atoms with Gasteiger partial charge in [-0.3, -0.25) is 0 Å². The number of rotatable bonds is 10. The molecule has 0 N–H and O–H groups in total. The minimum Gasteiger partial charge on any atom is -0.310 e. The predicted octanol–water partition coefficient (Wildman–Crippen LogP) is 17.7. The van der Waals surface area contributed by atoms with E-state index < -0.39 is 0 Å². The summed E-state index contributed by atoms with van der Waals surface area (Å²) in [6.07, 6.45) is 8.49. The third-order valence-electron chi connectivity index (χ3n) is 12.5. The van der Waals surface area contributed by atoms with Crippen molar-refractivity contribution in [1.29, 1.82) is 0 Å². The van der Waals surface area contributed by atoms with Crippen LogP contribution in [0.1, 0.15) is 12.5 Å². The fourth-order valence-corrected chi connectivity index (χ4v) is 9.50. The second kappa shape index (κ2) is 17.4. The largest absolute Gasteiger partial charge is 0.310 e. The summed E-state index contributed by atoms with van der Waals surface area (Å²) in [5.74, 6) is 0. The summed E-state index contributed by atoms with van der Waals surface area (Å²) in [6.45, 7) is 2.05. The minimum absolute atomic E-state index is 1.08. The van der Waals surface area contributed by atoms with Crippen molar-refractivity contribution in [3.63, 3.8) is 0 Å². The summed E-state index contributed by atoms with van der Waals surface area (Å²) in [5.41, 5.74) is 17.4. The van der Waals surface area contributed by atoms with E-state index in [2.05, 4.69) is 277 Å². The summed E-state index contributed by atoms with van der Waals surface area (Å²) in [5, 5.41) is 4.95. The Bertz CT molecular complexity index is 3520. The Morgan fingerprint density at radius 1 is 0.369 bits per heavy atom. The Kier molecular flexibility index (Phi) is 10.5. The molecule has 10 aromatic carbocycles. The summed E-state index contributed by atoms with van der Waals surface area (Å²) in [6, 6.07) is 85.9. The number of fused-ring (bicyclic) bond motifs is 4. The van der Waals surface area contributed by atoms with Crippen molar-refractivity contribution in [1.82, 2.24) is 4.57 Å². The lowest BCUT2D eigenvalue weighted by molar-refractivity contribution is 1.18. The van der Waals surface area contributed by atoms with Crippen molar-refractivity contribution in [2.75, 3.05) is 4.90 Å². The fourth-order valence-electron chi connectivity index (χ4n) is 9.50. The fraction of sp³-hybridized carbons (Fsp3) is 0.0159. The van der Waals surface area contributed by atoms with Gasteiger partial charge in [-0.05, 0) is 134 Å². The molecule has 0 atom stereocenters. The maximum absolute atomic E-state index is 2.41. The molecule has 1 heterocycles. The number of para-hydroxylation sites is 2. The molecule has 0 saturated heterocycles. The van der Waals surface area contributed by atoms with Crippen LogP contribution in [0.2, 0.25) is 0 Å². The number of hydrogen-bond acceptors (Lipinski definition) is 1. The monoisotopic (exact) mass is 830 g/mol. The van der Waals surface area contributed by atoms with Gasteiger partial charge in [-0.15, -0.1) is 0 Å². The van der Waals surface area contributed by atoms with Gasteiger partial charge in [0.05, 0.1) is 11.0 Å². The lowest BCUT2D eigenvalue weighted by atomic mass is 9.94. The maximum Gasteiger partial charge on any atom is 0.0553 e. The summed E-state index contributed by atoms with van der Waals surface area (Å²) >= 11 is 0. The molecule has 65 heavy (non-hydrogen) atoms. The second-order valence-corrected chi connectivity index (χ2v) is 16.5. The number of aromatic nitrogens is 1. The number of allylic oxidation sites excluding steroid dienone is 3. The molecule has 0 aliphatic carbocycles. The van der Waals surface area contributed by atoms with Gasteiger partial charge in [0.25, 0.3) is 0 Å². The second-order valence-electron chi connectivity index (χ2n) is 16.5. The van der Waals surface area contributed by atoms with Gasteiger partial charge in [0, 0.05) is 33.5 Å². The van der Waals surface area contributed by atoms with Crippen LogP contribution in [0.25, 0.3) is 88.8 Å². The molecule has 11 aromatic rings. The summed E-state index contributed by atoms with van der Waals surface area (Å²) in [4.78, 5) is 2.39. The SMILES string of the molecule is C/C=C\C=C/c1cc(-c2cccc(N(c3ccc(-c4ccccc4-c4ccccc4)cc3)c3ccc(-c4cccc5ccccc45)cc3)c2)c2c3ccccc3n(-c3ccccc3)c2c1. The van der Waals surface area contributed by atoms with Crippen LogP contribution < -0.4 is 4.90 Å². The van der Waals surface area contributed by atoms with Gasteiger partial charge in [-0.2, -0.15) is 0 Å². The van der Waals surface area contributed by atoms with Crippen LogP contribution >= 0.6 is 0 Å². The van der Waals surface area contributed by atoms with Crippen molar-refractivity contribution in [2.24, 2.45) is 0 Å². The van der Waals surface area contributed by atoms with Crippen LogP contribution in [0.15, 0.2) is 255 Å². The quantitative estimate of drug-likeness (QED) is 0.125. The number of benzene rings is 10. The van der Waals surface area contributed by atoms with Gasteiger partial charge in [-0.25, -0.2) is 0 Å². The van der Waals surface area contributed by atoms with Crippen LogP contribution in [-0.4, -0.2) is 4.57 Å². The van der Waals surface area contributed by atoms with E-state index in [4.69, 9.17) is 0 Å². The molecular formula is C63H46N2. The first kappa shape index (κ1) is 39.4. The van der Waals surface area contributed by atoms with Crippen LogP contribution in [0.3, 0.4) is 0 Å². The first-order chi connectivity index (χ1) is 32.2. The van der Waals surface area contributed by atoms with E-state index in [0.717, 1.165) is 33.9 Å². The van der Waals surface area contributed by atoms with Crippen LogP contribution in [0, 0.1) is 0 Å². The number of hydrogen-bond donors (Lipinski definition) is 0. The Morgan fingerprint density at radius 2 is 0.923 bits per heavy atom.